The Hall–Kier alpha value is -3.90. The van der Waals surface area contributed by atoms with Gasteiger partial charge >= 0.3 is 0 Å². The maximum absolute atomic E-state index is 15.4. The van der Waals surface area contributed by atoms with Crippen molar-refractivity contribution in [1.29, 1.82) is 5.26 Å². The third-order valence-electron chi connectivity index (χ3n) is 6.96. The molecule has 5 rings (SSSR count). The number of hydrogen-bond acceptors (Lipinski definition) is 5. The second-order valence-corrected chi connectivity index (χ2v) is 9.58. The number of halogens is 3. The molecule has 0 radical (unpaired) electrons. The molecule has 2 aliphatic rings. The number of aryl methyl sites for hydroxylation is 1. The van der Waals surface area contributed by atoms with Gasteiger partial charge in [0.05, 0.1) is 13.2 Å². The lowest BCUT2D eigenvalue weighted by atomic mass is 9.82. The molecule has 1 aromatic heterocycles. The van der Waals surface area contributed by atoms with Crippen LogP contribution in [0.3, 0.4) is 0 Å². The number of pyridine rings is 1. The molecule has 1 amide bonds. The SMILES string of the molecule is Cc1ccc(NC(=O)c2ccnc(C(C)(F)F)c2)cc1-c1ccc2c(c1)N1CCOC[C@H]1[C@](F)(C#N)C2. The van der Waals surface area contributed by atoms with Crippen LogP contribution in [0.25, 0.3) is 11.1 Å². The van der Waals surface area contributed by atoms with Gasteiger partial charge in [-0.15, -0.1) is 0 Å². The number of nitrogens with zero attached hydrogens (tertiary/aromatic N) is 3. The van der Waals surface area contributed by atoms with Crippen LogP contribution in [0, 0.1) is 18.3 Å². The molecule has 1 saturated heterocycles. The van der Waals surface area contributed by atoms with E-state index in [0.717, 1.165) is 40.9 Å². The zero-order valence-corrected chi connectivity index (χ0v) is 20.4. The summed E-state index contributed by atoms with van der Waals surface area (Å²) in [7, 11) is 0. The van der Waals surface area contributed by atoms with Crippen molar-refractivity contribution in [3.63, 3.8) is 0 Å². The molecule has 6 nitrogen and oxygen atoms in total. The number of benzene rings is 2. The zero-order chi connectivity index (χ0) is 26.4. The van der Waals surface area contributed by atoms with Crippen molar-refractivity contribution < 1.29 is 22.7 Å². The fourth-order valence-corrected chi connectivity index (χ4v) is 4.95. The summed E-state index contributed by atoms with van der Waals surface area (Å²) in [6.07, 6.45) is 1.18. The lowest BCUT2D eigenvalue weighted by Crippen LogP contribution is -2.60. The Morgan fingerprint density at radius 2 is 2.05 bits per heavy atom. The molecule has 1 fully saturated rings. The minimum Gasteiger partial charge on any atom is -0.377 e. The Labute approximate surface area is 212 Å². The Morgan fingerprint density at radius 3 is 2.81 bits per heavy atom. The number of morpholine rings is 1. The highest BCUT2D eigenvalue weighted by atomic mass is 19.3. The predicted octanol–water partition coefficient (Wildman–Crippen LogP) is 5.41. The first-order chi connectivity index (χ1) is 17.6. The molecule has 0 saturated carbocycles. The number of nitrogens with one attached hydrogen (secondary N) is 1. The molecule has 0 aliphatic carbocycles. The van der Waals surface area contributed by atoms with Crippen molar-refractivity contribution in [3.05, 3.63) is 77.1 Å². The van der Waals surface area contributed by atoms with Gasteiger partial charge in [0, 0.05) is 43.0 Å². The Morgan fingerprint density at radius 1 is 1.24 bits per heavy atom. The summed E-state index contributed by atoms with van der Waals surface area (Å²) < 4.78 is 48.2. The van der Waals surface area contributed by atoms with Gasteiger partial charge in [0.25, 0.3) is 11.8 Å². The largest absolute Gasteiger partial charge is 0.377 e. The van der Waals surface area contributed by atoms with E-state index >= 15 is 4.39 Å². The van der Waals surface area contributed by atoms with Gasteiger partial charge < -0.3 is 15.0 Å². The lowest BCUT2D eigenvalue weighted by molar-refractivity contribution is 0.0127. The minimum absolute atomic E-state index is 0.0105. The monoisotopic (exact) mass is 506 g/mol. The summed E-state index contributed by atoms with van der Waals surface area (Å²) in [6, 6.07) is 14.8. The number of fused-ring (bicyclic) bond motifs is 3. The quantitative estimate of drug-likeness (QED) is 0.512. The van der Waals surface area contributed by atoms with E-state index in [1.165, 1.54) is 12.3 Å². The van der Waals surface area contributed by atoms with Crippen LogP contribution in [0.4, 0.5) is 24.5 Å². The van der Waals surface area contributed by atoms with Crippen LogP contribution >= 0.6 is 0 Å². The summed E-state index contributed by atoms with van der Waals surface area (Å²) in [4.78, 5) is 18.4. The third kappa shape index (κ3) is 4.65. The third-order valence-corrected chi connectivity index (χ3v) is 6.96. The Balaban J connectivity index is 1.45. The molecule has 2 aliphatic heterocycles. The highest BCUT2D eigenvalue weighted by molar-refractivity contribution is 6.04. The van der Waals surface area contributed by atoms with Gasteiger partial charge in [0.2, 0.25) is 5.67 Å². The number of alkyl halides is 3. The number of rotatable bonds is 4. The summed E-state index contributed by atoms with van der Waals surface area (Å²) in [5.41, 5.74) is 2.39. The van der Waals surface area contributed by atoms with Gasteiger partial charge in [-0.3, -0.25) is 9.78 Å². The zero-order valence-electron chi connectivity index (χ0n) is 20.4. The molecule has 0 spiro atoms. The minimum atomic E-state index is -3.16. The average molecular weight is 507 g/mol. The van der Waals surface area contributed by atoms with Crippen LogP contribution in [0.2, 0.25) is 0 Å². The molecule has 2 atom stereocenters. The van der Waals surface area contributed by atoms with Gasteiger partial charge in [-0.2, -0.15) is 14.0 Å². The normalized spacial score (nSPS) is 21.0. The first kappa shape index (κ1) is 24.8. The molecule has 9 heteroatoms. The van der Waals surface area contributed by atoms with E-state index in [0.29, 0.717) is 18.8 Å². The van der Waals surface area contributed by atoms with E-state index in [1.807, 2.05) is 48.2 Å². The van der Waals surface area contributed by atoms with Gasteiger partial charge in [-0.1, -0.05) is 18.2 Å². The molecule has 37 heavy (non-hydrogen) atoms. The molecule has 3 aromatic rings. The number of carbonyl (C=O) groups is 1. The van der Waals surface area contributed by atoms with Crippen LogP contribution in [-0.4, -0.2) is 42.4 Å². The predicted molar refractivity (Wildman–Crippen MR) is 133 cm³/mol. The van der Waals surface area contributed by atoms with Gasteiger partial charge in [-0.25, -0.2) is 4.39 Å². The van der Waals surface area contributed by atoms with Crippen molar-refractivity contribution in [2.75, 3.05) is 30.0 Å². The Kier molecular flexibility index (Phi) is 6.16. The number of anilines is 2. The second kappa shape index (κ2) is 9.20. The van der Waals surface area contributed by atoms with Crippen molar-refractivity contribution in [2.24, 2.45) is 0 Å². The maximum atomic E-state index is 15.4. The van der Waals surface area contributed by atoms with Gasteiger partial charge in [0.1, 0.15) is 17.8 Å². The molecular formula is C28H25F3N4O2. The topological polar surface area (TPSA) is 78.2 Å². The summed E-state index contributed by atoms with van der Waals surface area (Å²) in [5.74, 6) is -3.69. The van der Waals surface area contributed by atoms with E-state index in [4.69, 9.17) is 4.74 Å². The summed E-state index contributed by atoms with van der Waals surface area (Å²) in [6.45, 7) is 3.75. The number of nitriles is 1. The van der Waals surface area contributed by atoms with E-state index in [2.05, 4.69) is 10.3 Å². The lowest BCUT2D eigenvalue weighted by Gasteiger charge is -2.46. The molecular weight excluding hydrogens is 481 g/mol. The molecule has 3 heterocycles. The number of carbonyl (C=O) groups excluding carboxylic acids is 1. The summed E-state index contributed by atoms with van der Waals surface area (Å²) in [5, 5.41) is 12.3. The van der Waals surface area contributed by atoms with Gasteiger partial charge in [0.15, 0.2) is 0 Å². The number of ether oxygens (including phenoxy) is 1. The second-order valence-electron chi connectivity index (χ2n) is 9.58. The van der Waals surface area contributed by atoms with Crippen molar-refractivity contribution in [1.82, 2.24) is 4.98 Å². The van der Waals surface area contributed by atoms with E-state index < -0.39 is 29.2 Å². The van der Waals surface area contributed by atoms with Crippen LogP contribution in [0.5, 0.6) is 0 Å². The molecule has 0 bridgehead atoms. The fourth-order valence-electron chi connectivity index (χ4n) is 4.95. The van der Waals surface area contributed by atoms with Crippen molar-refractivity contribution >= 4 is 17.3 Å². The van der Waals surface area contributed by atoms with Crippen molar-refractivity contribution in [2.45, 2.75) is 37.9 Å². The Bertz CT molecular complexity index is 1420. The molecule has 0 unspecified atom stereocenters. The highest BCUT2D eigenvalue weighted by Gasteiger charge is 2.49. The standard InChI is InChI=1S/C28H25F3N4O2/c1-17-3-6-21(34-26(36)19-7-8-33-24(12-19)27(2,29)30)13-22(17)18-4-5-20-14-28(31,16-32)25-15-37-10-9-35(25)23(20)11-18/h3-8,11-13,25H,9-10,14-15H2,1-2H3,(H,34,36)/t25-,28+/m0/s1. The number of hydrogen-bond donors (Lipinski definition) is 1. The van der Waals surface area contributed by atoms with Gasteiger partial charge in [-0.05, 0) is 59.5 Å². The molecule has 2 aromatic carbocycles. The fraction of sp³-hybridized carbons (Fsp3) is 0.321. The molecule has 190 valence electrons. The van der Waals surface area contributed by atoms with Crippen LogP contribution < -0.4 is 10.2 Å². The average Bonchev–Trinajstić information content (AvgIpc) is 2.89. The van der Waals surface area contributed by atoms with Crippen LogP contribution in [0.1, 0.15) is 34.1 Å². The highest BCUT2D eigenvalue weighted by Crippen LogP contribution is 2.42. The number of amides is 1. The van der Waals surface area contributed by atoms with E-state index in [9.17, 15) is 18.8 Å². The van der Waals surface area contributed by atoms with Crippen LogP contribution in [0.15, 0.2) is 54.7 Å². The maximum Gasteiger partial charge on any atom is 0.286 e. The molecule has 1 N–H and O–H groups in total. The first-order valence-electron chi connectivity index (χ1n) is 11.9. The number of aromatic nitrogens is 1. The van der Waals surface area contributed by atoms with Crippen molar-refractivity contribution in [3.8, 4) is 17.2 Å². The van der Waals surface area contributed by atoms with Crippen LogP contribution in [-0.2, 0) is 17.1 Å². The van der Waals surface area contributed by atoms with E-state index in [-0.39, 0.29) is 18.6 Å². The smallest absolute Gasteiger partial charge is 0.286 e. The first-order valence-corrected chi connectivity index (χ1v) is 11.9. The van der Waals surface area contributed by atoms with E-state index in [1.54, 1.807) is 6.07 Å². The summed E-state index contributed by atoms with van der Waals surface area (Å²) >= 11 is 0.